The number of para-hydroxylation sites is 1. The van der Waals surface area contributed by atoms with Crippen molar-refractivity contribution in [2.45, 2.75) is 13.5 Å². The van der Waals surface area contributed by atoms with Crippen LogP contribution in [-0.2, 0) is 6.54 Å². The Morgan fingerprint density at radius 1 is 0.900 bits per heavy atom. The van der Waals surface area contributed by atoms with E-state index in [9.17, 15) is 0 Å². The van der Waals surface area contributed by atoms with E-state index in [1.807, 2.05) is 77.2 Å². The van der Waals surface area contributed by atoms with Crippen molar-refractivity contribution in [2.75, 3.05) is 10.7 Å². The monoisotopic (exact) mass is 414 g/mol. The molecule has 5 rings (SSSR count). The van der Waals surface area contributed by atoms with Crippen molar-refractivity contribution in [3.8, 4) is 5.69 Å². The number of aromatic nitrogens is 3. The number of rotatable bonds is 3. The number of nitrogen functional groups attached to an aromatic ring is 1. The second-order valence-corrected chi connectivity index (χ2v) is 7.59. The Morgan fingerprint density at radius 3 is 2.40 bits per heavy atom. The van der Waals surface area contributed by atoms with Crippen LogP contribution in [0.5, 0.6) is 0 Å². The summed E-state index contributed by atoms with van der Waals surface area (Å²) < 4.78 is 2.04. The molecular weight excluding hydrogens is 396 g/mol. The van der Waals surface area contributed by atoms with Gasteiger partial charge in [-0.15, -0.1) is 10.2 Å². The van der Waals surface area contributed by atoms with Gasteiger partial charge < -0.3 is 5.73 Å². The first-order chi connectivity index (χ1) is 14.6. The molecule has 0 unspecified atom stereocenters. The number of halogens is 1. The van der Waals surface area contributed by atoms with Gasteiger partial charge in [0.1, 0.15) is 11.5 Å². The number of aryl methyl sites for hydroxylation is 1. The van der Waals surface area contributed by atoms with Crippen molar-refractivity contribution in [1.82, 2.24) is 14.8 Å². The fourth-order valence-electron chi connectivity index (χ4n) is 3.61. The SMILES string of the molecule is Cc1nnc2n1-c1ccccc1C(c1ccc(Cl)cc1)=NN2Cc1ccc(N)cc1. The van der Waals surface area contributed by atoms with Crippen LogP contribution in [0.3, 0.4) is 0 Å². The van der Waals surface area contributed by atoms with Gasteiger partial charge in [0.2, 0.25) is 0 Å². The fraction of sp³-hybridized carbons (Fsp3) is 0.0870. The molecule has 0 aliphatic carbocycles. The van der Waals surface area contributed by atoms with E-state index in [0.717, 1.165) is 39.6 Å². The number of hydrogen-bond donors (Lipinski definition) is 1. The third-order valence-corrected chi connectivity index (χ3v) is 5.34. The minimum absolute atomic E-state index is 0.531. The van der Waals surface area contributed by atoms with Crippen molar-refractivity contribution >= 4 is 28.9 Å². The number of hydrogen-bond acceptors (Lipinski definition) is 5. The second kappa shape index (κ2) is 7.31. The van der Waals surface area contributed by atoms with E-state index in [2.05, 4.69) is 22.3 Å². The van der Waals surface area contributed by atoms with E-state index in [0.29, 0.717) is 17.5 Å². The van der Waals surface area contributed by atoms with Crippen molar-refractivity contribution < 1.29 is 0 Å². The molecule has 0 radical (unpaired) electrons. The van der Waals surface area contributed by atoms with Crippen LogP contribution in [0.25, 0.3) is 5.69 Å². The van der Waals surface area contributed by atoms with Crippen LogP contribution in [0.2, 0.25) is 5.02 Å². The van der Waals surface area contributed by atoms with E-state index < -0.39 is 0 Å². The van der Waals surface area contributed by atoms with Gasteiger partial charge in [-0.05, 0) is 42.8 Å². The lowest BCUT2D eigenvalue weighted by atomic mass is 10.0. The lowest BCUT2D eigenvalue weighted by molar-refractivity contribution is 0.796. The molecule has 3 aromatic carbocycles. The maximum atomic E-state index is 6.13. The first-order valence-corrected chi connectivity index (χ1v) is 9.96. The molecule has 2 N–H and O–H groups in total. The average Bonchev–Trinajstić information content (AvgIpc) is 3.08. The highest BCUT2D eigenvalue weighted by Crippen LogP contribution is 2.30. The number of fused-ring (bicyclic) bond motifs is 3. The highest BCUT2D eigenvalue weighted by atomic mass is 35.5. The summed E-state index contributed by atoms with van der Waals surface area (Å²) in [4.78, 5) is 0. The molecule has 0 saturated carbocycles. The maximum absolute atomic E-state index is 6.13. The largest absolute Gasteiger partial charge is 0.399 e. The molecule has 0 saturated heterocycles. The second-order valence-electron chi connectivity index (χ2n) is 7.15. The smallest absolute Gasteiger partial charge is 0.252 e. The normalized spacial score (nSPS) is 12.7. The predicted molar refractivity (Wildman–Crippen MR) is 120 cm³/mol. The van der Waals surface area contributed by atoms with E-state index in [1.54, 1.807) is 0 Å². The lowest BCUT2D eigenvalue weighted by Crippen LogP contribution is -2.20. The maximum Gasteiger partial charge on any atom is 0.252 e. The molecule has 7 heteroatoms. The third kappa shape index (κ3) is 3.21. The minimum Gasteiger partial charge on any atom is -0.399 e. The summed E-state index contributed by atoms with van der Waals surface area (Å²) in [6, 6.07) is 23.7. The van der Waals surface area contributed by atoms with Gasteiger partial charge in [-0.25, -0.2) is 5.01 Å². The Morgan fingerprint density at radius 2 is 1.63 bits per heavy atom. The fourth-order valence-corrected chi connectivity index (χ4v) is 3.74. The molecule has 1 aliphatic heterocycles. The van der Waals surface area contributed by atoms with Crippen LogP contribution in [0.15, 0.2) is 77.9 Å². The molecule has 0 atom stereocenters. The lowest BCUT2D eigenvalue weighted by Gasteiger charge is -2.18. The molecule has 4 aromatic rings. The molecule has 148 valence electrons. The Labute approximate surface area is 179 Å². The number of nitrogens with zero attached hydrogens (tertiary/aromatic N) is 5. The zero-order chi connectivity index (χ0) is 20.7. The van der Waals surface area contributed by atoms with Gasteiger partial charge in [-0.3, -0.25) is 4.57 Å². The van der Waals surface area contributed by atoms with Crippen LogP contribution in [0.1, 0.15) is 22.5 Å². The van der Waals surface area contributed by atoms with Gasteiger partial charge in [0.15, 0.2) is 0 Å². The van der Waals surface area contributed by atoms with Gasteiger partial charge in [0.25, 0.3) is 5.95 Å². The van der Waals surface area contributed by atoms with E-state index in [4.69, 9.17) is 22.4 Å². The zero-order valence-electron chi connectivity index (χ0n) is 16.3. The van der Waals surface area contributed by atoms with Crippen LogP contribution < -0.4 is 10.7 Å². The third-order valence-electron chi connectivity index (χ3n) is 5.09. The molecule has 1 aromatic heterocycles. The average molecular weight is 415 g/mol. The van der Waals surface area contributed by atoms with Gasteiger partial charge in [0, 0.05) is 21.8 Å². The van der Waals surface area contributed by atoms with Gasteiger partial charge >= 0.3 is 0 Å². The summed E-state index contributed by atoms with van der Waals surface area (Å²) in [6.45, 7) is 2.48. The zero-order valence-corrected chi connectivity index (χ0v) is 17.1. The molecule has 0 fully saturated rings. The topological polar surface area (TPSA) is 72.3 Å². The van der Waals surface area contributed by atoms with Crippen molar-refractivity contribution in [3.05, 3.63) is 100 Å². The Bertz CT molecular complexity index is 1240. The Hall–Kier alpha value is -3.64. The minimum atomic E-state index is 0.531. The summed E-state index contributed by atoms with van der Waals surface area (Å²) in [5.41, 5.74) is 11.5. The summed E-state index contributed by atoms with van der Waals surface area (Å²) in [6.07, 6.45) is 0. The summed E-state index contributed by atoms with van der Waals surface area (Å²) in [5.74, 6) is 1.47. The number of anilines is 2. The molecule has 2 heterocycles. The first kappa shape index (κ1) is 18.4. The molecule has 6 nitrogen and oxygen atoms in total. The van der Waals surface area contributed by atoms with Crippen LogP contribution in [0, 0.1) is 6.92 Å². The standard InChI is InChI=1S/C23H19ClN6/c1-15-26-27-23-29(14-16-6-12-19(25)13-7-16)28-22(17-8-10-18(24)11-9-17)20-4-2-3-5-21(20)30(15)23/h2-13H,14,25H2,1H3. The highest BCUT2D eigenvalue weighted by molar-refractivity contribution is 6.30. The van der Waals surface area contributed by atoms with E-state index >= 15 is 0 Å². The Balaban J connectivity index is 1.71. The van der Waals surface area contributed by atoms with Crippen LogP contribution in [-0.4, -0.2) is 20.5 Å². The molecule has 0 spiro atoms. The van der Waals surface area contributed by atoms with Crippen molar-refractivity contribution in [3.63, 3.8) is 0 Å². The van der Waals surface area contributed by atoms with Crippen LogP contribution in [0.4, 0.5) is 11.6 Å². The highest BCUT2D eigenvalue weighted by Gasteiger charge is 2.26. The van der Waals surface area contributed by atoms with Gasteiger partial charge in [-0.2, -0.15) is 5.10 Å². The molecule has 0 bridgehead atoms. The Kier molecular flexibility index (Phi) is 4.48. The molecule has 30 heavy (non-hydrogen) atoms. The van der Waals surface area contributed by atoms with Gasteiger partial charge in [0.05, 0.1) is 12.2 Å². The van der Waals surface area contributed by atoms with E-state index in [1.165, 1.54) is 0 Å². The predicted octanol–water partition coefficient (Wildman–Crippen LogP) is 4.58. The number of hydrazone groups is 1. The molecule has 0 amide bonds. The van der Waals surface area contributed by atoms with E-state index in [-0.39, 0.29) is 0 Å². The quantitative estimate of drug-likeness (QED) is 0.498. The summed E-state index contributed by atoms with van der Waals surface area (Å²) >= 11 is 6.13. The number of benzene rings is 3. The first-order valence-electron chi connectivity index (χ1n) is 9.58. The number of nitrogens with two attached hydrogens (primary N) is 1. The molecule has 1 aliphatic rings. The van der Waals surface area contributed by atoms with Crippen molar-refractivity contribution in [2.24, 2.45) is 5.10 Å². The molecular formula is C23H19ClN6. The van der Waals surface area contributed by atoms with Crippen molar-refractivity contribution in [1.29, 1.82) is 0 Å². The summed E-state index contributed by atoms with van der Waals surface area (Å²) in [5, 5.41) is 16.4. The summed E-state index contributed by atoms with van der Waals surface area (Å²) in [7, 11) is 0. The van der Waals surface area contributed by atoms with Crippen LogP contribution >= 0.6 is 11.6 Å². The van der Waals surface area contributed by atoms with Gasteiger partial charge in [-0.1, -0.05) is 54.1 Å².